The molecule has 12 nitrogen and oxygen atoms in total. The van der Waals surface area contributed by atoms with E-state index >= 15 is 0 Å². The molecule has 3 atom stereocenters. The van der Waals surface area contributed by atoms with Crippen molar-refractivity contribution in [3.05, 3.63) is 111 Å². The van der Waals surface area contributed by atoms with E-state index in [4.69, 9.17) is 0 Å². The first-order valence-corrected chi connectivity index (χ1v) is 15.1. The molecule has 0 aliphatic heterocycles. The normalized spacial score (nSPS) is 13.8. The number of aliphatic hydroxyl groups is 1. The van der Waals surface area contributed by atoms with Crippen LogP contribution in [0.3, 0.4) is 0 Å². The molecule has 4 heterocycles. The molecule has 13 heteroatoms. The monoisotopic (exact) mass is 600 g/mol. The highest BCUT2D eigenvalue weighted by Gasteiger charge is 2.23. The van der Waals surface area contributed by atoms with E-state index < -0.39 is 16.4 Å². The van der Waals surface area contributed by atoms with Crippen LogP contribution in [0.2, 0.25) is 0 Å². The van der Waals surface area contributed by atoms with Gasteiger partial charge < -0.3 is 5.11 Å². The van der Waals surface area contributed by atoms with Gasteiger partial charge in [-0.3, -0.25) is 23.3 Å². The van der Waals surface area contributed by atoms with E-state index in [1.54, 1.807) is 18.4 Å². The molecule has 0 bridgehead atoms. The van der Waals surface area contributed by atoms with Crippen molar-refractivity contribution in [2.75, 3.05) is 6.26 Å². The number of nitrogens with zero attached hydrogens (tertiary/aromatic N) is 6. The molecule has 0 aliphatic rings. The number of rotatable bonds is 6. The highest BCUT2D eigenvalue weighted by Crippen LogP contribution is 2.23. The average Bonchev–Trinajstić information content (AvgIpc) is 3.51. The Morgan fingerprint density at radius 2 is 1.21 bits per heavy atom. The lowest BCUT2D eigenvalue weighted by atomic mass is 10.1. The van der Waals surface area contributed by atoms with Crippen molar-refractivity contribution < 1.29 is 9.32 Å². The number of aromatic amines is 2. The molecule has 4 aromatic heterocycles. The van der Waals surface area contributed by atoms with Gasteiger partial charge in [0.25, 0.3) is 0 Å². The summed E-state index contributed by atoms with van der Waals surface area (Å²) >= 11 is 0. The van der Waals surface area contributed by atoms with Crippen LogP contribution in [0.15, 0.2) is 87.7 Å². The molecule has 6 aromatic rings. The number of benzene rings is 2. The molecule has 1 unspecified atom stereocenters. The van der Waals surface area contributed by atoms with Crippen molar-refractivity contribution in [3.8, 4) is 0 Å². The maximum absolute atomic E-state index is 12.3. The molecule has 43 heavy (non-hydrogen) atoms. The molecule has 0 spiro atoms. The van der Waals surface area contributed by atoms with E-state index in [9.17, 15) is 18.9 Å². The zero-order chi connectivity index (χ0) is 30.9. The van der Waals surface area contributed by atoms with Crippen molar-refractivity contribution in [2.24, 2.45) is 0 Å². The Hall–Kier alpha value is -4.75. The van der Waals surface area contributed by atoms with Gasteiger partial charge in [-0.15, -0.1) is 0 Å². The summed E-state index contributed by atoms with van der Waals surface area (Å²) in [6.07, 6.45) is 4.44. The first-order chi connectivity index (χ1) is 20.5. The quantitative estimate of drug-likeness (QED) is 0.262. The lowest BCUT2D eigenvalue weighted by Crippen LogP contribution is -2.22. The van der Waals surface area contributed by atoms with E-state index in [0.29, 0.717) is 33.3 Å². The number of aromatic nitrogens is 8. The maximum Gasteiger partial charge on any atom is 0.329 e. The van der Waals surface area contributed by atoms with Crippen molar-refractivity contribution in [1.82, 2.24) is 39.0 Å². The van der Waals surface area contributed by atoms with Crippen LogP contribution in [-0.2, 0) is 16.4 Å². The van der Waals surface area contributed by atoms with Crippen molar-refractivity contribution in [2.45, 2.75) is 50.4 Å². The lowest BCUT2D eigenvalue weighted by Gasteiger charge is -2.17. The van der Waals surface area contributed by atoms with Crippen LogP contribution < -0.4 is 11.4 Å². The average molecular weight is 601 g/mol. The molecule has 222 valence electrons. The van der Waals surface area contributed by atoms with Crippen LogP contribution in [0.1, 0.15) is 56.6 Å². The van der Waals surface area contributed by atoms with Crippen molar-refractivity contribution >= 4 is 33.4 Å². The van der Waals surface area contributed by atoms with Gasteiger partial charge in [-0.1, -0.05) is 60.7 Å². The summed E-state index contributed by atoms with van der Waals surface area (Å²) in [5.41, 5.74) is 2.44. The van der Waals surface area contributed by atoms with E-state index in [1.165, 1.54) is 23.2 Å². The van der Waals surface area contributed by atoms with Crippen LogP contribution >= 0.6 is 0 Å². The van der Waals surface area contributed by atoms with Crippen LogP contribution in [-0.4, -0.2) is 54.6 Å². The van der Waals surface area contributed by atoms with Gasteiger partial charge in [0.1, 0.15) is 10.6 Å². The molecule has 3 N–H and O–H groups in total. The standard InChI is InChI=1S/C16H18N4O2.C14H14N4O2S/c1-10(11-7-5-4-6-8-11)20-14-13(19-15(20)21)17-9-12(18-14)16(2,3)22;1-9(10-6-4-3-5-7-10)18-13-12(17-14(18)19)15-8-11(16-13)21(2)20/h4-10,22H,1-3H3,(H,17,19,21);3-9H,1-2H3,(H,15,17,19)/t10-;9-,21?/m00/s1. The Labute approximate surface area is 249 Å². The van der Waals surface area contributed by atoms with Crippen molar-refractivity contribution in [1.29, 1.82) is 0 Å². The Morgan fingerprint density at radius 3 is 1.65 bits per heavy atom. The molecule has 0 aliphatic carbocycles. The van der Waals surface area contributed by atoms with Gasteiger partial charge in [0.05, 0.1) is 41.0 Å². The smallest absolute Gasteiger partial charge is 0.329 e. The zero-order valence-corrected chi connectivity index (χ0v) is 25.2. The molecule has 0 fully saturated rings. The van der Waals surface area contributed by atoms with Crippen LogP contribution in [0.25, 0.3) is 22.6 Å². The van der Waals surface area contributed by atoms with Gasteiger partial charge in [-0.25, -0.2) is 29.5 Å². The number of hydrogen-bond acceptors (Lipinski definition) is 8. The fourth-order valence-corrected chi connectivity index (χ4v) is 5.10. The molecular weight excluding hydrogens is 568 g/mol. The third-order valence-corrected chi connectivity index (χ3v) is 7.88. The van der Waals surface area contributed by atoms with Crippen LogP contribution in [0.5, 0.6) is 0 Å². The maximum atomic E-state index is 12.3. The summed E-state index contributed by atoms with van der Waals surface area (Å²) in [6.45, 7) is 7.13. The number of nitrogens with one attached hydrogen (secondary N) is 2. The molecule has 2 aromatic carbocycles. The number of imidazole rings is 2. The van der Waals surface area contributed by atoms with Crippen molar-refractivity contribution in [3.63, 3.8) is 0 Å². The van der Waals surface area contributed by atoms with Crippen LogP contribution in [0, 0.1) is 0 Å². The molecule has 0 saturated carbocycles. The summed E-state index contributed by atoms with van der Waals surface area (Å²) in [5, 5.41) is 10.5. The third kappa shape index (κ3) is 6.08. The predicted octanol–water partition coefficient (Wildman–Crippen LogP) is 3.42. The molecule has 0 radical (unpaired) electrons. The zero-order valence-electron chi connectivity index (χ0n) is 24.3. The lowest BCUT2D eigenvalue weighted by molar-refractivity contribution is 0.0737. The van der Waals surface area contributed by atoms with E-state index in [0.717, 1.165) is 11.1 Å². The fraction of sp³-hybridized carbons (Fsp3) is 0.267. The largest absolute Gasteiger partial charge is 0.384 e. The Bertz CT molecular complexity index is 2020. The first kappa shape index (κ1) is 29.7. The van der Waals surface area contributed by atoms with Gasteiger partial charge in [0.2, 0.25) is 0 Å². The number of H-pyrrole nitrogens is 2. The van der Waals surface area contributed by atoms with Gasteiger partial charge >= 0.3 is 11.4 Å². The second-order valence-corrected chi connectivity index (χ2v) is 11.9. The summed E-state index contributed by atoms with van der Waals surface area (Å²) in [6, 6.07) is 19.0. The molecular formula is C30H32N8O4S. The summed E-state index contributed by atoms with van der Waals surface area (Å²) in [7, 11) is -1.24. The Morgan fingerprint density at radius 1 is 0.767 bits per heavy atom. The molecule has 6 rings (SSSR count). The SMILES string of the molecule is C[C@@H](c1ccccc1)n1c(=O)[nH]c2ncc(C(C)(C)O)nc21.C[C@@H](c1ccccc1)n1c(=O)[nH]c2ncc(S(C)=O)nc21. The summed E-state index contributed by atoms with van der Waals surface area (Å²) in [5.74, 6) is 0. The Balaban J connectivity index is 0.000000171. The topological polar surface area (TPSA) is 164 Å². The highest BCUT2D eigenvalue weighted by atomic mass is 32.2. The highest BCUT2D eigenvalue weighted by molar-refractivity contribution is 7.84. The van der Waals surface area contributed by atoms with Gasteiger partial charge in [0, 0.05) is 6.26 Å². The van der Waals surface area contributed by atoms with Gasteiger partial charge in [-0.2, -0.15) is 0 Å². The third-order valence-electron chi connectivity index (χ3n) is 7.09. The van der Waals surface area contributed by atoms with E-state index in [-0.39, 0.29) is 23.5 Å². The molecule has 0 amide bonds. The number of fused-ring (bicyclic) bond motifs is 2. The van der Waals surface area contributed by atoms with Gasteiger partial charge in [-0.05, 0) is 38.8 Å². The second kappa shape index (κ2) is 11.9. The van der Waals surface area contributed by atoms with Gasteiger partial charge in [0.15, 0.2) is 22.6 Å². The first-order valence-electron chi connectivity index (χ1n) is 13.6. The minimum atomic E-state index is -1.24. The number of hydrogen-bond donors (Lipinski definition) is 3. The minimum absolute atomic E-state index is 0.186. The minimum Gasteiger partial charge on any atom is -0.384 e. The molecule has 0 saturated heterocycles. The fourth-order valence-electron chi connectivity index (χ4n) is 4.68. The summed E-state index contributed by atoms with van der Waals surface area (Å²) < 4.78 is 14.7. The van der Waals surface area contributed by atoms with E-state index in [1.807, 2.05) is 74.5 Å². The Kier molecular flexibility index (Phi) is 8.20. The second-order valence-electron chi connectivity index (χ2n) is 10.6. The van der Waals surface area contributed by atoms with E-state index in [2.05, 4.69) is 29.9 Å². The summed E-state index contributed by atoms with van der Waals surface area (Å²) in [4.78, 5) is 46.9. The predicted molar refractivity (Wildman–Crippen MR) is 164 cm³/mol. The van der Waals surface area contributed by atoms with Crippen LogP contribution in [0.4, 0.5) is 0 Å².